The van der Waals surface area contributed by atoms with Gasteiger partial charge in [-0.3, -0.25) is 9.59 Å². The summed E-state index contributed by atoms with van der Waals surface area (Å²) in [6.07, 6.45) is 1.76. The highest BCUT2D eigenvalue weighted by molar-refractivity contribution is 7.92. The number of Topliss-reactive ketones (excluding diaryl/α,β-unsaturated/α-hetero) is 1. The Kier molecular flexibility index (Phi) is 5.42. The van der Waals surface area contributed by atoms with Crippen molar-refractivity contribution in [2.45, 2.75) is 30.9 Å². The second-order valence-electron chi connectivity index (χ2n) is 7.75. The van der Waals surface area contributed by atoms with Gasteiger partial charge in [0.2, 0.25) is 0 Å². The van der Waals surface area contributed by atoms with E-state index in [1.165, 1.54) is 4.90 Å². The van der Waals surface area contributed by atoms with E-state index >= 15 is 0 Å². The van der Waals surface area contributed by atoms with Crippen LogP contribution in [0, 0.1) is 5.41 Å². The SMILES string of the molecule is CN(C(=O)c1sc(S(C)(=O)=O)c2c1CC(C)(C)CC2=O)c1ccc(Cl)c(Cl)c1. The van der Waals surface area contributed by atoms with Crippen molar-refractivity contribution in [3.63, 3.8) is 0 Å². The summed E-state index contributed by atoms with van der Waals surface area (Å²) >= 11 is 12.9. The summed E-state index contributed by atoms with van der Waals surface area (Å²) in [5, 5.41) is 0.673. The van der Waals surface area contributed by atoms with Gasteiger partial charge in [-0.05, 0) is 35.6 Å². The number of anilines is 1. The maximum Gasteiger partial charge on any atom is 0.268 e. The number of sulfone groups is 1. The van der Waals surface area contributed by atoms with Crippen molar-refractivity contribution in [3.05, 3.63) is 44.2 Å². The minimum atomic E-state index is -3.64. The van der Waals surface area contributed by atoms with Gasteiger partial charge in [-0.25, -0.2) is 8.42 Å². The van der Waals surface area contributed by atoms with Crippen LogP contribution in [-0.2, 0) is 16.3 Å². The molecule has 2 aromatic rings. The molecule has 0 spiro atoms. The number of amides is 1. The normalized spacial score (nSPS) is 16.0. The van der Waals surface area contributed by atoms with Gasteiger partial charge in [0.25, 0.3) is 5.91 Å². The number of thiophene rings is 1. The Bertz CT molecular complexity index is 1100. The van der Waals surface area contributed by atoms with Crippen molar-refractivity contribution in [3.8, 4) is 0 Å². The van der Waals surface area contributed by atoms with E-state index in [1.54, 1.807) is 25.2 Å². The van der Waals surface area contributed by atoms with Crippen molar-refractivity contribution in [2.75, 3.05) is 18.2 Å². The van der Waals surface area contributed by atoms with Crippen LogP contribution in [0.1, 0.15) is 45.9 Å². The van der Waals surface area contributed by atoms with Gasteiger partial charge in [0.05, 0.1) is 20.5 Å². The van der Waals surface area contributed by atoms with E-state index in [2.05, 4.69) is 0 Å². The Labute approximate surface area is 178 Å². The molecule has 1 aromatic carbocycles. The molecule has 0 unspecified atom stereocenters. The zero-order valence-corrected chi connectivity index (χ0v) is 18.9. The molecule has 1 heterocycles. The predicted molar refractivity (Wildman–Crippen MR) is 113 cm³/mol. The second-order valence-corrected chi connectivity index (χ2v) is 11.8. The number of carbonyl (C=O) groups excluding carboxylic acids is 2. The largest absolute Gasteiger partial charge is 0.311 e. The van der Waals surface area contributed by atoms with Crippen LogP contribution in [0.3, 0.4) is 0 Å². The van der Waals surface area contributed by atoms with E-state index in [-0.39, 0.29) is 38.2 Å². The molecule has 1 aromatic heterocycles. The highest BCUT2D eigenvalue weighted by Gasteiger charge is 2.40. The number of benzene rings is 1. The topological polar surface area (TPSA) is 71.5 Å². The summed E-state index contributed by atoms with van der Waals surface area (Å²) in [5.41, 5.74) is 0.863. The lowest BCUT2D eigenvalue weighted by atomic mass is 9.74. The number of ketones is 1. The first-order valence-corrected chi connectivity index (χ1v) is 11.9. The molecule has 5 nitrogen and oxygen atoms in total. The van der Waals surface area contributed by atoms with Crippen LogP contribution in [0.25, 0.3) is 0 Å². The number of hydrogen-bond donors (Lipinski definition) is 0. The highest BCUT2D eigenvalue weighted by atomic mass is 35.5. The Morgan fingerprint density at radius 1 is 1.18 bits per heavy atom. The molecule has 0 radical (unpaired) electrons. The first-order chi connectivity index (χ1) is 12.8. The molecule has 0 aliphatic heterocycles. The maximum absolute atomic E-state index is 13.2. The van der Waals surface area contributed by atoms with E-state index in [1.807, 2.05) is 13.8 Å². The van der Waals surface area contributed by atoms with E-state index in [0.717, 1.165) is 17.6 Å². The van der Waals surface area contributed by atoms with Crippen molar-refractivity contribution in [2.24, 2.45) is 5.41 Å². The third-order valence-electron chi connectivity index (χ3n) is 4.67. The van der Waals surface area contributed by atoms with Crippen LogP contribution < -0.4 is 4.90 Å². The summed E-state index contributed by atoms with van der Waals surface area (Å²) in [4.78, 5) is 27.6. The molecule has 0 atom stereocenters. The summed E-state index contributed by atoms with van der Waals surface area (Å²) in [6, 6.07) is 4.80. The van der Waals surface area contributed by atoms with E-state index in [0.29, 0.717) is 27.7 Å². The first kappa shape index (κ1) is 21.3. The Morgan fingerprint density at radius 2 is 1.82 bits per heavy atom. The lowest BCUT2D eigenvalue weighted by Gasteiger charge is -2.29. The molecule has 0 bridgehead atoms. The fraction of sp³-hybridized carbons (Fsp3) is 0.368. The predicted octanol–water partition coefficient (Wildman–Crippen LogP) is 4.89. The standard InChI is InChI=1S/C19H19Cl2NO4S2/c1-19(2)8-11-15(14(23)9-19)18(28(4,25)26)27-16(11)17(24)22(3)10-5-6-12(20)13(21)7-10/h5-7H,8-9H2,1-4H3. The minimum Gasteiger partial charge on any atom is -0.311 e. The number of hydrogen-bond acceptors (Lipinski definition) is 5. The monoisotopic (exact) mass is 459 g/mol. The smallest absolute Gasteiger partial charge is 0.268 e. The van der Waals surface area contributed by atoms with Crippen LogP contribution in [0.4, 0.5) is 5.69 Å². The molecule has 1 amide bonds. The maximum atomic E-state index is 13.2. The zero-order chi connectivity index (χ0) is 21.0. The molecular formula is C19H19Cl2NO4S2. The van der Waals surface area contributed by atoms with Gasteiger partial charge in [-0.2, -0.15) is 0 Å². The van der Waals surface area contributed by atoms with Gasteiger partial charge in [0.15, 0.2) is 15.6 Å². The van der Waals surface area contributed by atoms with Crippen LogP contribution in [0.5, 0.6) is 0 Å². The number of fused-ring (bicyclic) bond motifs is 1. The average molecular weight is 460 g/mol. The first-order valence-electron chi connectivity index (χ1n) is 8.44. The van der Waals surface area contributed by atoms with Gasteiger partial charge in [0, 0.05) is 25.4 Å². The molecule has 0 N–H and O–H groups in total. The highest BCUT2D eigenvalue weighted by Crippen LogP contribution is 2.44. The van der Waals surface area contributed by atoms with Crippen LogP contribution in [0.2, 0.25) is 10.0 Å². The third-order valence-corrected chi connectivity index (χ3v) is 8.46. The van der Waals surface area contributed by atoms with Crippen LogP contribution in [-0.4, -0.2) is 33.4 Å². The van der Waals surface area contributed by atoms with E-state index < -0.39 is 9.84 Å². The molecule has 1 aliphatic rings. The zero-order valence-electron chi connectivity index (χ0n) is 15.8. The lowest BCUT2D eigenvalue weighted by molar-refractivity contribution is 0.0909. The lowest BCUT2D eigenvalue weighted by Crippen LogP contribution is -2.30. The van der Waals surface area contributed by atoms with Crippen molar-refractivity contribution < 1.29 is 18.0 Å². The fourth-order valence-electron chi connectivity index (χ4n) is 3.35. The van der Waals surface area contributed by atoms with E-state index in [9.17, 15) is 18.0 Å². The molecule has 0 saturated carbocycles. The third kappa shape index (κ3) is 3.85. The van der Waals surface area contributed by atoms with Gasteiger partial charge < -0.3 is 4.90 Å². The molecule has 0 fully saturated rings. The minimum absolute atomic E-state index is 0.0334. The molecule has 0 saturated heterocycles. The molecule has 9 heteroatoms. The van der Waals surface area contributed by atoms with Crippen molar-refractivity contribution in [1.82, 2.24) is 0 Å². The summed E-state index contributed by atoms with van der Waals surface area (Å²) in [6.45, 7) is 3.87. The van der Waals surface area contributed by atoms with E-state index in [4.69, 9.17) is 23.2 Å². The van der Waals surface area contributed by atoms with Gasteiger partial charge in [-0.15, -0.1) is 11.3 Å². The number of nitrogens with zero attached hydrogens (tertiary/aromatic N) is 1. The molecule has 1 aliphatic carbocycles. The fourth-order valence-corrected chi connectivity index (χ4v) is 6.16. The van der Waals surface area contributed by atoms with Crippen molar-refractivity contribution in [1.29, 1.82) is 0 Å². The molecule has 28 heavy (non-hydrogen) atoms. The van der Waals surface area contributed by atoms with Crippen LogP contribution >= 0.6 is 34.5 Å². The molecule has 150 valence electrons. The Balaban J connectivity index is 2.15. The van der Waals surface area contributed by atoms with Gasteiger partial charge >= 0.3 is 0 Å². The summed E-state index contributed by atoms with van der Waals surface area (Å²) in [5.74, 6) is -0.626. The van der Waals surface area contributed by atoms with Gasteiger partial charge in [0.1, 0.15) is 4.21 Å². The number of halogens is 2. The molecular weight excluding hydrogens is 441 g/mol. The Hall–Kier alpha value is -1.41. The van der Waals surface area contributed by atoms with Gasteiger partial charge in [-0.1, -0.05) is 37.0 Å². The Morgan fingerprint density at radius 3 is 2.39 bits per heavy atom. The quantitative estimate of drug-likeness (QED) is 0.654. The summed E-state index contributed by atoms with van der Waals surface area (Å²) in [7, 11) is -2.07. The number of rotatable bonds is 3. The van der Waals surface area contributed by atoms with Crippen LogP contribution in [0.15, 0.2) is 22.4 Å². The summed E-state index contributed by atoms with van der Waals surface area (Å²) < 4.78 is 24.5. The van der Waals surface area contributed by atoms with Crippen molar-refractivity contribution >= 4 is 61.8 Å². The second kappa shape index (κ2) is 7.13. The molecule has 3 rings (SSSR count). The average Bonchev–Trinajstić information content (AvgIpc) is 2.94. The number of carbonyl (C=O) groups is 2.